The molecule has 36 heavy (non-hydrogen) atoms. The minimum atomic E-state index is -0.698. The fourth-order valence-corrected chi connectivity index (χ4v) is 5.51. The number of rotatable bonds is 5. The van der Waals surface area contributed by atoms with E-state index in [0.717, 1.165) is 40.6 Å². The van der Waals surface area contributed by atoms with Crippen molar-refractivity contribution in [3.05, 3.63) is 88.5 Å². The summed E-state index contributed by atoms with van der Waals surface area (Å²) in [5, 5.41) is 0. The normalized spacial score (nSPS) is 17.8. The van der Waals surface area contributed by atoms with Crippen LogP contribution in [0.3, 0.4) is 0 Å². The molecule has 1 aromatic heterocycles. The highest BCUT2D eigenvalue weighted by Gasteiger charge is 2.45. The van der Waals surface area contributed by atoms with Crippen molar-refractivity contribution >= 4 is 16.9 Å². The standard InChI is InChI=1S/C30H31F2N3O/c1-19-9-10-24(22-7-5-8-23(32)18-22)25(15-19)28(36)35-13-6-11-30(35,4)29-33-26-16-20(2)21(3)17-27(26)34(29)14-12-31/h5,7-10,15-18H,6,11-14H2,1-4H3. The highest BCUT2D eigenvalue weighted by molar-refractivity contribution is 6.01. The van der Waals surface area contributed by atoms with Crippen LogP contribution < -0.4 is 0 Å². The topological polar surface area (TPSA) is 38.1 Å². The molecule has 1 unspecified atom stereocenters. The third kappa shape index (κ3) is 3.98. The van der Waals surface area contributed by atoms with Crippen molar-refractivity contribution in [2.24, 2.45) is 0 Å². The van der Waals surface area contributed by atoms with Gasteiger partial charge < -0.3 is 9.47 Å². The first kappa shape index (κ1) is 24.2. The maximum atomic E-state index is 14.2. The number of aryl methyl sites for hydroxylation is 4. The maximum absolute atomic E-state index is 14.2. The lowest BCUT2D eigenvalue weighted by Gasteiger charge is -2.35. The lowest BCUT2D eigenvalue weighted by Crippen LogP contribution is -2.45. The first-order valence-corrected chi connectivity index (χ1v) is 12.5. The van der Waals surface area contributed by atoms with Crippen LogP contribution in [0.25, 0.3) is 22.2 Å². The van der Waals surface area contributed by atoms with Crippen LogP contribution in [0, 0.1) is 26.6 Å². The van der Waals surface area contributed by atoms with Crippen molar-refractivity contribution in [1.29, 1.82) is 0 Å². The Morgan fingerprint density at radius 2 is 1.83 bits per heavy atom. The van der Waals surface area contributed by atoms with Crippen molar-refractivity contribution in [1.82, 2.24) is 14.5 Å². The van der Waals surface area contributed by atoms with E-state index in [4.69, 9.17) is 4.98 Å². The second-order valence-corrected chi connectivity index (χ2v) is 10.1. The Bertz CT molecular complexity index is 1470. The van der Waals surface area contributed by atoms with E-state index in [-0.39, 0.29) is 18.3 Å². The molecule has 3 aromatic carbocycles. The summed E-state index contributed by atoms with van der Waals surface area (Å²) in [7, 11) is 0. The molecule has 2 heterocycles. The van der Waals surface area contributed by atoms with Crippen LogP contribution in [0.4, 0.5) is 8.78 Å². The Morgan fingerprint density at radius 3 is 2.58 bits per heavy atom. The molecule has 0 spiro atoms. The van der Waals surface area contributed by atoms with E-state index >= 15 is 0 Å². The minimum absolute atomic E-state index is 0.121. The fraction of sp³-hybridized carbons (Fsp3) is 0.333. The van der Waals surface area contributed by atoms with Crippen molar-refractivity contribution in [2.75, 3.05) is 13.2 Å². The number of aromatic nitrogens is 2. The molecule has 0 saturated carbocycles. The second-order valence-electron chi connectivity index (χ2n) is 10.1. The van der Waals surface area contributed by atoms with E-state index in [1.165, 1.54) is 12.1 Å². The second kappa shape index (κ2) is 9.16. The number of halogens is 2. The zero-order valence-corrected chi connectivity index (χ0v) is 21.2. The van der Waals surface area contributed by atoms with Crippen LogP contribution in [0.1, 0.15) is 52.6 Å². The average molecular weight is 488 g/mol. The molecule has 0 bridgehead atoms. The summed E-state index contributed by atoms with van der Waals surface area (Å²) in [5.41, 5.74) is 6.11. The van der Waals surface area contributed by atoms with Gasteiger partial charge in [-0.3, -0.25) is 4.79 Å². The molecule has 186 valence electrons. The maximum Gasteiger partial charge on any atom is 0.255 e. The highest BCUT2D eigenvalue weighted by atomic mass is 19.1. The van der Waals surface area contributed by atoms with E-state index < -0.39 is 12.2 Å². The van der Waals surface area contributed by atoms with Gasteiger partial charge in [0.15, 0.2) is 0 Å². The number of hydrogen-bond acceptors (Lipinski definition) is 2. The molecular formula is C30H31F2N3O. The summed E-state index contributed by atoms with van der Waals surface area (Å²) < 4.78 is 29.7. The Hall–Kier alpha value is -3.54. The minimum Gasteiger partial charge on any atom is -0.326 e. The molecule has 4 nitrogen and oxygen atoms in total. The predicted molar refractivity (Wildman–Crippen MR) is 139 cm³/mol. The van der Waals surface area contributed by atoms with Gasteiger partial charge in [-0.1, -0.05) is 29.8 Å². The molecule has 1 atom stereocenters. The molecule has 6 heteroatoms. The van der Waals surface area contributed by atoms with Gasteiger partial charge in [0.25, 0.3) is 5.91 Å². The van der Waals surface area contributed by atoms with E-state index in [1.807, 2.05) is 67.5 Å². The first-order valence-electron chi connectivity index (χ1n) is 12.5. The van der Waals surface area contributed by atoms with Gasteiger partial charge in [0.1, 0.15) is 18.3 Å². The van der Waals surface area contributed by atoms with Crippen molar-refractivity contribution in [3.8, 4) is 11.1 Å². The van der Waals surface area contributed by atoms with Crippen LogP contribution in [0.15, 0.2) is 54.6 Å². The van der Waals surface area contributed by atoms with Crippen molar-refractivity contribution < 1.29 is 13.6 Å². The molecule has 1 aliphatic heterocycles. The number of benzene rings is 3. The molecule has 1 fully saturated rings. The van der Waals surface area contributed by atoms with Crippen LogP contribution in [0.2, 0.25) is 0 Å². The molecule has 0 aliphatic carbocycles. The molecule has 1 saturated heterocycles. The molecule has 1 aliphatic rings. The lowest BCUT2D eigenvalue weighted by molar-refractivity contribution is 0.0598. The summed E-state index contributed by atoms with van der Waals surface area (Å²) in [4.78, 5) is 21.0. The summed E-state index contributed by atoms with van der Waals surface area (Å²) in [6.07, 6.45) is 1.55. The van der Waals surface area contributed by atoms with E-state index in [1.54, 1.807) is 6.07 Å². The van der Waals surface area contributed by atoms with Gasteiger partial charge in [-0.25, -0.2) is 13.8 Å². The van der Waals surface area contributed by atoms with Crippen molar-refractivity contribution in [2.45, 2.75) is 52.6 Å². The van der Waals surface area contributed by atoms with Gasteiger partial charge in [-0.15, -0.1) is 0 Å². The van der Waals surface area contributed by atoms with Gasteiger partial charge in [-0.05, 0) is 93.1 Å². The number of carbonyl (C=O) groups excluding carboxylic acids is 1. The Kier molecular flexibility index (Phi) is 6.15. The zero-order valence-electron chi connectivity index (χ0n) is 21.2. The SMILES string of the molecule is Cc1ccc(-c2cccc(F)c2)c(C(=O)N2CCCC2(C)c2nc3cc(C)c(C)cc3n2CCF)c1. The molecule has 1 amide bonds. The monoisotopic (exact) mass is 487 g/mol. The fourth-order valence-electron chi connectivity index (χ4n) is 5.51. The van der Waals surface area contributed by atoms with Crippen LogP contribution in [0.5, 0.6) is 0 Å². The first-order chi connectivity index (χ1) is 17.2. The summed E-state index contributed by atoms with van der Waals surface area (Å²) in [5.74, 6) is 0.248. The number of nitrogens with zero attached hydrogens (tertiary/aromatic N) is 3. The number of likely N-dealkylation sites (tertiary alicyclic amines) is 1. The van der Waals surface area contributed by atoms with Crippen LogP contribution in [-0.4, -0.2) is 33.6 Å². The molecule has 0 radical (unpaired) electrons. The van der Waals surface area contributed by atoms with E-state index in [2.05, 4.69) is 6.07 Å². The third-order valence-corrected chi connectivity index (χ3v) is 7.58. The Labute approximate surface area is 210 Å². The van der Waals surface area contributed by atoms with E-state index in [9.17, 15) is 13.6 Å². The molecule has 0 N–H and O–H groups in total. The summed E-state index contributed by atoms with van der Waals surface area (Å²) in [6.45, 7) is 8.30. The van der Waals surface area contributed by atoms with E-state index in [0.29, 0.717) is 29.1 Å². The molecule has 5 rings (SSSR count). The number of alkyl halides is 1. The van der Waals surface area contributed by atoms with Crippen LogP contribution >= 0.6 is 0 Å². The summed E-state index contributed by atoms with van der Waals surface area (Å²) in [6, 6.07) is 16.1. The van der Waals surface area contributed by atoms with Gasteiger partial charge in [0.2, 0.25) is 0 Å². The summed E-state index contributed by atoms with van der Waals surface area (Å²) >= 11 is 0. The smallest absolute Gasteiger partial charge is 0.255 e. The largest absolute Gasteiger partial charge is 0.326 e. The number of imidazole rings is 1. The Morgan fingerprint density at radius 1 is 1.06 bits per heavy atom. The lowest BCUT2D eigenvalue weighted by atomic mass is 9.93. The van der Waals surface area contributed by atoms with Crippen LogP contribution in [-0.2, 0) is 12.1 Å². The Balaban J connectivity index is 1.64. The van der Waals surface area contributed by atoms with Gasteiger partial charge in [0.05, 0.1) is 23.1 Å². The van der Waals surface area contributed by atoms with Gasteiger partial charge >= 0.3 is 0 Å². The number of hydrogen-bond donors (Lipinski definition) is 0. The average Bonchev–Trinajstić information content (AvgIpc) is 3.40. The van der Waals surface area contributed by atoms with Gasteiger partial charge in [-0.2, -0.15) is 0 Å². The number of carbonyl (C=O) groups is 1. The van der Waals surface area contributed by atoms with Crippen molar-refractivity contribution in [3.63, 3.8) is 0 Å². The predicted octanol–water partition coefficient (Wildman–Crippen LogP) is 6.89. The quantitative estimate of drug-likeness (QED) is 0.307. The zero-order chi connectivity index (χ0) is 25.6. The highest BCUT2D eigenvalue weighted by Crippen LogP contribution is 2.41. The molecular weight excluding hydrogens is 456 g/mol. The number of fused-ring (bicyclic) bond motifs is 1. The third-order valence-electron chi connectivity index (χ3n) is 7.58. The van der Waals surface area contributed by atoms with Gasteiger partial charge in [0, 0.05) is 12.1 Å². The molecule has 4 aromatic rings. The number of amides is 1.